The molecule has 0 spiro atoms. The zero-order chi connectivity index (χ0) is 12.7. The number of hydrogen-bond acceptors (Lipinski definition) is 3. The zero-order valence-corrected chi connectivity index (χ0v) is 10.6. The highest BCUT2D eigenvalue weighted by molar-refractivity contribution is 5.78. The molecule has 17 heavy (non-hydrogen) atoms. The van der Waals surface area contributed by atoms with Crippen LogP contribution in [0.15, 0.2) is 18.3 Å². The molecule has 0 aromatic carbocycles. The van der Waals surface area contributed by atoms with Gasteiger partial charge in [0.05, 0.1) is 18.3 Å². The van der Waals surface area contributed by atoms with E-state index in [1.165, 1.54) is 0 Å². The molecule has 0 radical (unpaired) electrons. The zero-order valence-electron chi connectivity index (χ0n) is 10.6. The lowest BCUT2D eigenvalue weighted by molar-refractivity contribution is -0.121. The first kappa shape index (κ1) is 13.5. The van der Waals surface area contributed by atoms with Crippen molar-refractivity contribution in [1.82, 2.24) is 10.3 Å². The number of unbranched alkanes of at least 4 members (excludes halogenated alkanes) is 1. The molecule has 1 atom stereocenters. The first-order valence-electron chi connectivity index (χ1n) is 6.11. The lowest BCUT2D eigenvalue weighted by atomic mass is 10.1. The van der Waals surface area contributed by atoms with Gasteiger partial charge in [0.1, 0.15) is 0 Å². The summed E-state index contributed by atoms with van der Waals surface area (Å²) < 4.78 is 0. The fourth-order valence-corrected chi connectivity index (χ4v) is 1.61. The van der Waals surface area contributed by atoms with Crippen molar-refractivity contribution in [3.8, 4) is 0 Å². The van der Waals surface area contributed by atoms with Crippen LogP contribution in [0.4, 0.5) is 5.69 Å². The third kappa shape index (κ3) is 5.33. The Morgan fingerprint density at radius 2 is 2.29 bits per heavy atom. The quantitative estimate of drug-likeness (QED) is 0.791. The average molecular weight is 235 g/mol. The first-order valence-corrected chi connectivity index (χ1v) is 6.11. The van der Waals surface area contributed by atoms with Crippen LogP contribution in [0.5, 0.6) is 0 Å². The van der Waals surface area contributed by atoms with Gasteiger partial charge in [-0.3, -0.25) is 9.78 Å². The summed E-state index contributed by atoms with van der Waals surface area (Å²) in [5.41, 5.74) is 6.90. The predicted molar refractivity (Wildman–Crippen MR) is 69.5 cm³/mol. The molecular weight excluding hydrogens is 214 g/mol. The van der Waals surface area contributed by atoms with Crippen molar-refractivity contribution < 1.29 is 4.79 Å². The van der Waals surface area contributed by atoms with Crippen molar-refractivity contribution in [3.63, 3.8) is 0 Å². The van der Waals surface area contributed by atoms with Gasteiger partial charge >= 0.3 is 0 Å². The van der Waals surface area contributed by atoms with Crippen molar-refractivity contribution in [2.75, 3.05) is 5.73 Å². The van der Waals surface area contributed by atoms with E-state index < -0.39 is 0 Å². The minimum Gasteiger partial charge on any atom is -0.397 e. The van der Waals surface area contributed by atoms with Crippen LogP contribution in [0.3, 0.4) is 0 Å². The molecule has 1 heterocycles. The summed E-state index contributed by atoms with van der Waals surface area (Å²) in [6.07, 6.45) is 5.21. The predicted octanol–water partition coefficient (Wildman–Crippen LogP) is 1.90. The SMILES string of the molecule is CCCCC(C)NC(=O)Cc1ccc(N)cn1. The number of nitrogens with one attached hydrogen (secondary N) is 1. The van der Waals surface area contributed by atoms with Crippen molar-refractivity contribution in [3.05, 3.63) is 24.0 Å². The van der Waals surface area contributed by atoms with Crippen LogP contribution < -0.4 is 11.1 Å². The molecule has 4 nitrogen and oxygen atoms in total. The largest absolute Gasteiger partial charge is 0.397 e. The van der Waals surface area contributed by atoms with Gasteiger partial charge in [-0.1, -0.05) is 19.8 Å². The lowest BCUT2D eigenvalue weighted by Gasteiger charge is -2.13. The summed E-state index contributed by atoms with van der Waals surface area (Å²) in [6.45, 7) is 4.18. The highest BCUT2D eigenvalue weighted by atomic mass is 16.1. The molecule has 94 valence electrons. The van der Waals surface area contributed by atoms with Gasteiger partial charge in [0.15, 0.2) is 0 Å². The number of amides is 1. The molecule has 1 unspecified atom stereocenters. The number of aromatic nitrogens is 1. The Morgan fingerprint density at radius 3 is 2.88 bits per heavy atom. The number of rotatable bonds is 6. The molecule has 3 N–H and O–H groups in total. The summed E-state index contributed by atoms with van der Waals surface area (Å²) in [4.78, 5) is 15.8. The van der Waals surface area contributed by atoms with E-state index in [9.17, 15) is 4.79 Å². The third-order valence-electron chi connectivity index (χ3n) is 2.59. The maximum absolute atomic E-state index is 11.7. The van der Waals surface area contributed by atoms with E-state index in [1.807, 2.05) is 6.92 Å². The van der Waals surface area contributed by atoms with Gasteiger partial charge in [0.2, 0.25) is 5.91 Å². The highest BCUT2D eigenvalue weighted by Gasteiger charge is 2.08. The molecule has 0 saturated carbocycles. The Bertz CT molecular complexity index is 348. The molecule has 1 rings (SSSR count). The normalized spacial score (nSPS) is 12.1. The third-order valence-corrected chi connectivity index (χ3v) is 2.59. The van der Waals surface area contributed by atoms with Crippen LogP contribution in [0.1, 0.15) is 38.8 Å². The summed E-state index contributed by atoms with van der Waals surface area (Å²) in [7, 11) is 0. The van der Waals surface area contributed by atoms with E-state index in [1.54, 1.807) is 18.3 Å². The van der Waals surface area contributed by atoms with Crippen molar-refractivity contribution in [1.29, 1.82) is 0 Å². The fourth-order valence-electron chi connectivity index (χ4n) is 1.61. The molecule has 1 aromatic rings. The van der Waals surface area contributed by atoms with E-state index >= 15 is 0 Å². The fraction of sp³-hybridized carbons (Fsp3) is 0.538. The molecule has 0 fully saturated rings. The van der Waals surface area contributed by atoms with Crippen LogP contribution in [-0.4, -0.2) is 16.9 Å². The van der Waals surface area contributed by atoms with Gasteiger partial charge in [-0.05, 0) is 25.5 Å². The Balaban J connectivity index is 2.36. The first-order chi connectivity index (χ1) is 8.11. The topological polar surface area (TPSA) is 68.0 Å². The number of nitrogens with two attached hydrogens (primary N) is 1. The van der Waals surface area contributed by atoms with E-state index in [4.69, 9.17) is 5.73 Å². The second kappa shape index (κ2) is 6.89. The number of nitrogens with zero attached hydrogens (tertiary/aromatic N) is 1. The Labute approximate surface area is 103 Å². The lowest BCUT2D eigenvalue weighted by Crippen LogP contribution is -2.33. The standard InChI is InChI=1S/C13H21N3O/c1-3-4-5-10(2)16-13(17)8-12-7-6-11(14)9-15-12/h6-7,9-10H,3-5,8,14H2,1-2H3,(H,16,17). The Morgan fingerprint density at radius 1 is 1.53 bits per heavy atom. The van der Waals surface area contributed by atoms with Crippen LogP contribution in [0.2, 0.25) is 0 Å². The molecule has 0 aliphatic rings. The maximum atomic E-state index is 11.7. The van der Waals surface area contributed by atoms with Crippen LogP contribution in [0.25, 0.3) is 0 Å². The summed E-state index contributed by atoms with van der Waals surface area (Å²) in [5.74, 6) is 0.0193. The molecule has 0 aliphatic heterocycles. The van der Waals surface area contributed by atoms with Crippen LogP contribution >= 0.6 is 0 Å². The summed E-state index contributed by atoms with van der Waals surface area (Å²) in [5, 5.41) is 2.97. The molecule has 1 amide bonds. The minimum atomic E-state index is 0.0193. The van der Waals surface area contributed by atoms with Crippen molar-refractivity contribution >= 4 is 11.6 Å². The van der Waals surface area contributed by atoms with E-state index in [0.717, 1.165) is 25.0 Å². The number of carbonyl (C=O) groups is 1. The van der Waals surface area contributed by atoms with Gasteiger partial charge in [-0.2, -0.15) is 0 Å². The monoisotopic (exact) mass is 235 g/mol. The molecule has 0 bridgehead atoms. The number of carbonyl (C=O) groups excluding carboxylic acids is 1. The maximum Gasteiger partial charge on any atom is 0.226 e. The average Bonchev–Trinajstić information content (AvgIpc) is 2.29. The van der Waals surface area contributed by atoms with Gasteiger partial charge < -0.3 is 11.1 Å². The molecule has 4 heteroatoms. The molecular formula is C13H21N3O. The smallest absolute Gasteiger partial charge is 0.226 e. The van der Waals surface area contributed by atoms with Gasteiger partial charge in [0, 0.05) is 11.7 Å². The Hall–Kier alpha value is -1.58. The number of hydrogen-bond donors (Lipinski definition) is 2. The summed E-state index contributed by atoms with van der Waals surface area (Å²) >= 11 is 0. The molecule has 0 aliphatic carbocycles. The minimum absolute atomic E-state index is 0.0193. The molecule has 1 aromatic heterocycles. The van der Waals surface area contributed by atoms with E-state index in [0.29, 0.717) is 12.1 Å². The second-order valence-corrected chi connectivity index (χ2v) is 4.37. The summed E-state index contributed by atoms with van der Waals surface area (Å²) in [6, 6.07) is 3.78. The number of anilines is 1. The molecule has 0 saturated heterocycles. The van der Waals surface area contributed by atoms with Gasteiger partial charge in [-0.25, -0.2) is 0 Å². The van der Waals surface area contributed by atoms with E-state index in [-0.39, 0.29) is 11.9 Å². The van der Waals surface area contributed by atoms with Crippen molar-refractivity contribution in [2.45, 2.75) is 45.6 Å². The number of pyridine rings is 1. The van der Waals surface area contributed by atoms with Crippen molar-refractivity contribution in [2.24, 2.45) is 0 Å². The number of nitrogen functional groups attached to an aromatic ring is 1. The van der Waals surface area contributed by atoms with Crippen LogP contribution in [0, 0.1) is 0 Å². The Kier molecular flexibility index (Phi) is 5.46. The second-order valence-electron chi connectivity index (χ2n) is 4.37. The highest BCUT2D eigenvalue weighted by Crippen LogP contribution is 2.03. The van der Waals surface area contributed by atoms with Crippen LogP contribution in [-0.2, 0) is 11.2 Å². The van der Waals surface area contributed by atoms with Gasteiger partial charge in [-0.15, -0.1) is 0 Å². The van der Waals surface area contributed by atoms with E-state index in [2.05, 4.69) is 17.2 Å². The van der Waals surface area contributed by atoms with Gasteiger partial charge in [0.25, 0.3) is 0 Å².